The molecule has 2 rings (SSSR count). The van der Waals surface area contributed by atoms with Gasteiger partial charge in [-0.1, -0.05) is 11.8 Å². The van der Waals surface area contributed by atoms with Crippen molar-refractivity contribution in [2.24, 2.45) is 5.73 Å². The molecule has 1 aromatic carbocycles. The van der Waals surface area contributed by atoms with Gasteiger partial charge in [0.2, 0.25) is 0 Å². The zero-order valence-electron chi connectivity index (χ0n) is 11.7. The number of nitrogens with two attached hydrogens (primary N) is 1. The van der Waals surface area contributed by atoms with Crippen molar-refractivity contribution >= 4 is 11.8 Å². The molecule has 2 amide bonds. The molecule has 0 atom stereocenters. The lowest BCUT2D eigenvalue weighted by molar-refractivity contribution is -0.159. The Kier molecular flexibility index (Phi) is 4.93. The number of amides is 2. The van der Waals surface area contributed by atoms with Crippen molar-refractivity contribution in [1.82, 2.24) is 4.90 Å². The third kappa shape index (κ3) is 3.60. The number of nitrogens with zero attached hydrogens (tertiary/aromatic N) is 1. The van der Waals surface area contributed by atoms with Crippen LogP contribution in [0, 0.1) is 11.8 Å². The molecule has 0 unspecified atom stereocenters. The van der Waals surface area contributed by atoms with E-state index in [-0.39, 0.29) is 38.1 Å². The number of rotatable bonds is 3. The fraction of sp³-hybridized carbons (Fsp3) is 0.333. The summed E-state index contributed by atoms with van der Waals surface area (Å²) in [5, 5.41) is 0. The first-order chi connectivity index (χ1) is 10.2. The van der Waals surface area contributed by atoms with E-state index in [1.54, 1.807) is 18.2 Å². The summed E-state index contributed by atoms with van der Waals surface area (Å²) in [5.74, 6) is 5.56. The van der Waals surface area contributed by atoms with E-state index in [9.17, 15) is 9.59 Å². The van der Waals surface area contributed by atoms with Crippen LogP contribution in [0.3, 0.4) is 0 Å². The molecule has 21 heavy (non-hydrogen) atoms. The van der Waals surface area contributed by atoms with Crippen molar-refractivity contribution < 1.29 is 19.1 Å². The van der Waals surface area contributed by atoms with Gasteiger partial charge in [-0.15, -0.1) is 0 Å². The second-order valence-corrected chi connectivity index (χ2v) is 4.40. The van der Waals surface area contributed by atoms with Gasteiger partial charge < -0.3 is 15.2 Å². The number of methoxy groups -OCH3 is 1. The molecule has 0 aromatic heterocycles. The second-order valence-electron chi connectivity index (χ2n) is 4.40. The highest BCUT2D eigenvalue weighted by Gasteiger charge is 2.27. The fourth-order valence-corrected chi connectivity index (χ4v) is 2.00. The van der Waals surface area contributed by atoms with E-state index in [2.05, 4.69) is 11.8 Å². The predicted molar refractivity (Wildman–Crippen MR) is 75.3 cm³/mol. The summed E-state index contributed by atoms with van der Waals surface area (Å²) < 4.78 is 10.2. The van der Waals surface area contributed by atoms with Crippen molar-refractivity contribution in [3.05, 3.63) is 29.3 Å². The average molecular weight is 288 g/mol. The number of hydrogen-bond donors (Lipinski definition) is 1. The largest absolute Gasteiger partial charge is 0.496 e. The van der Waals surface area contributed by atoms with E-state index in [4.69, 9.17) is 15.2 Å². The number of hydrogen-bond acceptors (Lipinski definition) is 5. The van der Waals surface area contributed by atoms with E-state index in [1.165, 1.54) is 12.0 Å². The van der Waals surface area contributed by atoms with Gasteiger partial charge in [-0.3, -0.25) is 14.5 Å². The third-order valence-electron chi connectivity index (χ3n) is 3.00. The van der Waals surface area contributed by atoms with E-state index in [0.29, 0.717) is 11.3 Å². The lowest BCUT2D eigenvalue weighted by Gasteiger charge is -2.25. The number of imide groups is 1. The minimum Gasteiger partial charge on any atom is -0.496 e. The van der Waals surface area contributed by atoms with Gasteiger partial charge in [0.05, 0.1) is 20.2 Å². The molecular weight excluding hydrogens is 272 g/mol. The Bertz CT molecular complexity index is 600. The number of morpholine rings is 1. The molecular formula is C15H16N2O4. The average Bonchev–Trinajstić information content (AvgIpc) is 2.49. The summed E-state index contributed by atoms with van der Waals surface area (Å²) in [4.78, 5) is 24.7. The highest BCUT2D eigenvalue weighted by Crippen LogP contribution is 2.22. The maximum Gasteiger partial charge on any atom is 0.255 e. The zero-order chi connectivity index (χ0) is 15.2. The molecule has 1 aliphatic rings. The van der Waals surface area contributed by atoms with Crippen LogP contribution >= 0.6 is 0 Å². The van der Waals surface area contributed by atoms with Crippen molar-refractivity contribution in [2.75, 3.05) is 26.9 Å². The monoisotopic (exact) mass is 288 g/mol. The van der Waals surface area contributed by atoms with Crippen LogP contribution in [0.4, 0.5) is 0 Å². The van der Waals surface area contributed by atoms with Crippen LogP contribution in [0.15, 0.2) is 18.2 Å². The van der Waals surface area contributed by atoms with Gasteiger partial charge in [-0.25, -0.2) is 0 Å². The van der Waals surface area contributed by atoms with Gasteiger partial charge in [-0.2, -0.15) is 0 Å². The topological polar surface area (TPSA) is 81.9 Å². The molecule has 1 fully saturated rings. The number of carbonyl (C=O) groups is 2. The van der Waals surface area contributed by atoms with Gasteiger partial charge in [0.25, 0.3) is 11.8 Å². The summed E-state index contributed by atoms with van der Waals surface area (Å²) in [6, 6.07) is 5.34. The zero-order valence-corrected chi connectivity index (χ0v) is 11.7. The molecule has 0 spiro atoms. The first-order valence-corrected chi connectivity index (χ1v) is 6.42. The van der Waals surface area contributed by atoms with E-state index in [1.807, 2.05) is 0 Å². The van der Waals surface area contributed by atoms with Crippen molar-refractivity contribution in [2.45, 2.75) is 6.54 Å². The summed E-state index contributed by atoms with van der Waals surface area (Å²) >= 11 is 0. The summed E-state index contributed by atoms with van der Waals surface area (Å²) in [5.41, 5.74) is 6.81. The van der Waals surface area contributed by atoms with Crippen LogP contribution in [-0.4, -0.2) is 43.6 Å². The highest BCUT2D eigenvalue weighted by molar-refractivity contribution is 5.98. The van der Waals surface area contributed by atoms with Crippen LogP contribution in [-0.2, 0) is 20.9 Å². The molecule has 1 heterocycles. The van der Waals surface area contributed by atoms with Crippen molar-refractivity contribution in [3.8, 4) is 17.6 Å². The van der Waals surface area contributed by atoms with Gasteiger partial charge in [0.1, 0.15) is 19.0 Å². The van der Waals surface area contributed by atoms with Gasteiger partial charge >= 0.3 is 0 Å². The minimum atomic E-state index is -0.355. The fourth-order valence-electron chi connectivity index (χ4n) is 2.00. The molecule has 6 nitrogen and oxygen atoms in total. The van der Waals surface area contributed by atoms with E-state index < -0.39 is 0 Å². The lowest BCUT2D eigenvalue weighted by Crippen LogP contribution is -2.45. The Hall–Kier alpha value is -2.36. The Labute approximate surface area is 122 Å². The number of carbonyl (C=O) groups excluding carboxylic acids is 2. The lowest BCUT2D eigenvalue weighted by atomic mass is 10.1. The summed E-state index contributed by atoms with van der Waals surface area (Å²) in [6.07, 6.45) is 0. The number of benzene rings is 1. The second kappa shape index (κ2) is 6.88. The highest BCUT2D eigenvalue weighted by atomic mass is 16.5. The molecule has 110 valence electrons. The van der Waals surface area contributed by atoms with Crippen LogP contribution in [0.25, 0.3) is 0 Å². The maximum atomic E-state index is 11.8. The Morgan fingerprint density at radius 2 is 2.05 bits per heavy atom. The predicted octanol–water partition coefficient (Wildman–Crippen LogP) is -0.109. The Morgan fingerprint density at radius 1 is 1.33 bits per heavy atom. The smallest absolute Gasteiger partial charge is 0.255 e. The van der Waals surface area contributed by atoms with Crippen molar-refractivity contribution in [3.63, 3.8) is 0 Å². The first-order valence-electron chi connectivity index (χ1n) is 6.42. The van der Waals surface area contributed by atoms with Crippen LogP contribution in [0.2, 0.25) is 0 Å². The SMILES string of the molecule is COc1ccc(C#CCN)cc1CN1C(=O)COCC1=O. The van der Waals surface area contributed by atoms with Gasteiger partial charge in [0.15, 0.2) is 0 Å². The standard InChI is InChI=1S/C15H16N2O4/c1-20-13-5-4-11(3-2-6-16)7-12(13)8-17-14(18)9-21-10-15(17)19/h4-5,7H,6,8-10,16H2,1H3. The molecule has 1 saturated heterocycles. The summed E-state index contributed by atoms with van der Waals surface area (Å²) in [7, 11) is 1.53. The Balaban J connectivity index is 2.28. The Morgan fingerprint density at radius 3 is 2.67 bits per heavy atom. The summed E-state index contributed by atoms with van der Waals surface area (Å²) in [6.45, 7) is 0.242. The van der Waals surface area contributed by atoms with Crippen LogP contribution < -0.4 is 10.5 Å². The normalized spacial score (nSPS) is 14.7. The molecule has 1 aliphatic heterocycles. The molecule has 6 heteroatoms. The minimum absolute atomic E-state index is 0.0826. The van der Waals surface area contributed by atoms with Crippen LogP contribution in [0.1, 0.15) is 11.1 Å². The molecule has 0 bridgehead atoms. The molecule has 0 aliphatic carbocycles. The first kappa shape index (κ1) is 15.0. The third-order valence-corrected chi connectivity index (χ3v) is 3.00. The van der Waals surface area contributed by atoms with Crippen molar-refractivity contribution in [1.29, 1.82) is 0 Å². The maximum absolute atomic E-state index is 11.8. The quantitative estimate of drug-likeness (QED) is 0.620. The molecule has 1 aromatic rings. The van der Waals surface area contributed by atoms with Gasteiger partial charge in [-0.05, 0) is 18.2 Å². The molecule has 0 radical (unpaired) electrons. The van der Waals surface area contributed by atoms with E-state index in [0.717, 1.165) is 5.56 Å². The van der Waals surface area contributed by atoms with Crippen LogP contribution in [0.5, 0.6) is 5.75 Å². The molecule has 2 N–H and O–H groups in total. The molecule has 0 saturated carbocycles. The van der Waals surface area contributed by atoms with Gasteiger partial charge in [0, 0.05) is 11.1 Å². The van der Waals surface area contributed by atoms with E-state index >= 15 is 0 Å². The number of ether oxygens (including phenoxy) is 2.